The highest BCUT2D eigenvalue weighted by Crippen LogP contribution is 2.29. The molecule has 1 amide bonds. The number of rotatable bonds is 2. The molecule has 4 heteroatoms. The van der Waals surface area contributed by atoms with Crippen molar-refractivity contribution >= 4 is 17.7 Å². The van der Waals surface area contributed by atoms with Gasteiger partial charge in [0.25, 0.3) is 0 Å². The maximum absolute atomic E-state index is 12.1. The fraction of sp³-hybridized carbons (Fsp3) is 0.909. The van der Waals surface area contributed by atoms with E-state index in [0.29, 0.717) is 11.8 Å². The molecule has 0 radical (unpaired) electrons. The van der Waals surface area contributed by atoms with Gasteiger partial charge in [-0.15, -0.1) is 11.8 Å². The average molecular weight is 229 g/mol. The zero-order valence-electron chi connectivity index (χ0n) is 9.02. The largest absolute Gasteiger partial charge is 0.396 e. The van der Waals surface area contributed by atoms with E-state index in [9.17, 15) is 4.79 Å². The van der Waals surface area contributed by atoms with Crippen LogP contribution in [0, 0.1) is 5.92 Å². The van der Waals surface area contributed by atoms with Crippen LogP contribution in [-0.4, -0.2) is 46.6 Å². The number of hydrogen-bond donors (Lipinski definition) is 1. The Kier molecular flexibility index (Phi) is 3.92. The minimum absolute atomic E-state index is 0.211. The molecule has 0 aromatic carbocycles. The molecule has 3 nitrogen and oxygen atoms in total. The summed E-state index contributed by atoms with van der Waals surface area (Å²) in [5.74, 6) is 1.76. The van der Waals surface area contributed by atoms with Crippen molar-refractivity contribution in [2.45, 2.75) is 30.9 Å². The topological polar surface area (TPSA) is 40.5 Å². The molecule has 0 bridgehead atoms. The summed E-state index contributed by atoms with van der Waals surface area (Å²) in [5, 5.41) is 9.32. The first-order valence-electron chi connectivity index (χ1n) is 5.82. The summed E-state index contributed by atoms with van der Waals surface area (Å²) in [4.78, 5) is 14.1. The van der Waals surface area contributed by atoms with Crippen molar-refractivity contribution in [1.29, 1.82) is 0 Å². The molecular formula is C11H19NO2S. The van der Waals surface area contributed by atoms with Gasteiger partial charge in [-0.05, 0) is 37.4 Å². The zero-order valence-corrected chi connectivity index (χ0v) is 9.84. The Balaban J connectivity index is 1.88. The Bertz CT molecular complexity index is 229. The van der Waals surface area contributed by atoms with Crippen molar-refractivity contribution in [3.8, 4) is 0 Å². The third-order valence-electron chi connectivity index (χ3n) is 3.29. The van der Waals surface area contributed by atoms with E-state index in [2.05, 4.69) is 0 Å². The summed E-state index contributed by atoms with van der Waals surface area (Å²) < 4.78 is 0. The first-order chi connectivity index (χ1) is 7.31. The standard InChI is InChI=1S/C11H19NO2S/c13-8-9-3-1-5-12(7-9)11(14)10-4-2-6-15-10/h9-10,13H,1-8H2. The van der Waals surface area contributed by atoms with Gasteiger partial charge in [0.2, 0.25) is 5.91 Å². The van der Waals surface area contributed by atoms with Gasteiger partial charge < -0.3 is 10.0 Å². The van der Waals surface area contributed by atoms with E-state index in [1.807, 2.05) is 4.90 Å². The number of aliphatic hydroxyl groups excluding tert-OH is 1. The second kappa shape index (κ2) is 5.21. The molecule has 15 heavy (non-hydrogen) atoms. The summed E-state index contributed by atoms with van der Waals surface area (Å²) in [6.45, 7) is 1.89. The monoisotopic (exact) mass is 229 g/mol. The SMILES string of the molecule is O=C(C1CCCS1)N1CCCC(CO)C1. The normalized spacial score (nSPS) is 31.9. The molecule has 0 aliphatic carbocycles. The Hall–Kier alpha value is -0.220. The number of carbonyl (C=O) groups excluding carboxylic acids is 1. The lowest BCUT2D eigenvalue weighted by Gasteiger charge is -2.33. The number of amides is 1. The van der Waals surface area contributed by atoms with E-state index < -0.39 is 0 Å². The number of nitrogens with zero attached hydrogens (tertiary/aromatic N) is 1. The molecular weight excluding hydrogens is 210 g/mol. The minimum Gasteiger partial charge on any atom is -0.396 e. The highest BCUT2D eigenvalue weighted by Gasteiger charge is 2.30. The summed E-state index contributed by atoms with van der Waals surface area (Å²) in [5.41, 5.74) is 0. The lowest BCUT2D eigenvalue weighted by molar-refractivity contribution is -0.132. The molecule has 0 spiro atoms. The summed E-state index contributed by atoms with van der Waals surface area (Å²) in [6.07, 6.45) is 4.34. The third kappa shape index (κ3) is 2.67. The van der Waals surface area contributed by atoms with E-state index >= 15 is 0 Å². The molecule has 2 atom stereocenters. The zero-order chi connectivity index (χ0) is 10.7. The summed E-state index contributed by atoms with van der Waals surface area (Å²) >= 11 is 1.80. The Labute approximate surface area is 95.2 Å². The van der Waals surface area contributed by atoms with Gasteiger partial charge in [-0.2, -0.15) is 0 Å². The van der Waals surface area contributed by atoms with Crippen LogP contribution >= 0.6 is 11.8 Å². The van der Waals surface area contributed by atoms with E-state index in [4.69, 9.17) is 5.11 Å². The van der Waals surface area contributed by atoms with Crippen LogP contribution in [0.15, 0.2) is 0 Å². The predicted octanol–water partition coefficient (Wildman–Crippen LogP) is 1.11. The maximum Gasteiger partial charge on any atom is 0.235 e. The molecule has 2 aliphatic rings. The number of carbonyl (C=O) groups is 1. The number of thioether (sulfide) groups is 1. The van der Waals surface area contributed by atoms with Crippen LogP contribution in [0.25, 0.3) is 0 Å². The van der Waals surface area contributed by atoms with E-state index in [0.717, 1.165) is 38.1 Å². The van der Waals surface area contributed by atoms with E-state index in [-0.39, 0.29) is 11.9 Å². The van der Waals surface area contributed by atoms with Crippen molar-refractivity contribution in [2.24, 2.45) is 5.92 Å². The molecule has 1 N–H and O–H groups in total. The summed E-state index contributed by atoms with van der Waals surface area (Å²) in [7, 11) is 0. The van der Waals surface area contributed by atoms with Gasteiger partial charge in [-0.3, -0.25) is 4.79 Å². The van der Waals surface area contributed by atoms with Crippen LogP contribution in [0.4, 0.5) is 0 Å². The molecule has 86 valence electrons. The lowest BCUT2D eigenvalue weighted by Crippen LogP contribution is -2.44. The van der Waals surface area contributed by atoms with Gasteiger partial charge in [-0.25, -0.2) is 0 Å². The molecule has 0 aromatic rings. The van der Waals surface area contributed by atoms with E-state index in [1.54, 1.807) is 11.8 Å². The van der Waals surface area contributed by atoms with Gasteiger partial charge in [-0.1, -0.05) is 0 Å². The second-order valence-electron chi connectivity index (χ2n) is 4.48. The maximum atomic E-state index is 12.1. The molecule has 0 saturated carbocycles. The molecule has 2 unspecified atom stereocenters. The third-order valence-corrected chi connectivity index (χ3v) is 4.66. The fourth-order valence-corrected chi connectivity index (χ4v) is 3.63. The van der Waals surface area contributed by atoms with Crippen LogP contribution in [0.5, 0.6) is 0 Å². The summed E-state index contributed by atoms with van der Waals surface area (Å²) in [6, 6.07) is 0. The lowest BCUT2D eigenvalue weighted by atomic mass is 9.98. The van der Waals surface area contributed by atoms with Crippen LogP contribution in [0.2, 0.25) is 0 Å². The second-order valence-corrected chi connectivity index (χ2v) is 5.79. The van der Waals surface area contributed by atoms with Crippen LogP contribution < -0.4 is 0 Å². The predicted molar refractivity (Wildman–Crippen MR) is 61.9 cm³/mol. The Morgan fingerprint density at radius 3 is 2.93 bits per heavy atom. The van der Waals surface area contributed by atoms with Crippen LogP contribution in [0.3, 0.4) is 0 Å². The van der Waals surface area contributed by atoms with Crippen molar-refractivity contribution in [1.82, 2.24) is 4.90 Å². The highest BCUT2D eigenvalue weighted by molar-refractivity contribution is 8.00. The van der Waals surface area contributed by atoms with E-state index in [1.165, 1.54) is 6.42 Å². The minimum atomic E-state index is 0.211. The fourth-order valence-electron chi connectivity index (χ4n) is 2.39. The van der Waals surface area contributed by atoms with Crippen molar-refractivity contribution in [2.75, 3.05) is 25.4 Å². The quantitative estimate of drug-likeness (QED) is 0.771. The van der Waals surface area contributed by atoms with Gasteiger partial charge >= 0.3 is 0 Å². The van der Waals surface area contributed by atoms with Crippen molar-refractivity contribution in [3.63, 3.8) is 0 Å². The molecule has 0 aromatic heterocycles. The Morgan fingerprint density at radius 2 is 2.27 bits per heavy atom. The number of piperidine rings is 1. The molecule has 2 aliphatic heterocycles. The number of aliphatic hydroxyl groups is 1. The van der Waals surface area contributed by atoms with Crippen LogP contribution in [-0.2, 0) is 4.79 Å². The van der Waals surface area contributed by atoms with Gasteiger partial charge in [0.15, 0.2) is 0 Å². The van der Waals surface area contributed by atoms with Gasteiger partial charge in [0, 0.05) is 19.7 Å². The molecule has 2 fully saturated rings. The van der Waals surface area contributed by atoms with Gasteiger partial charge in [0.05, 0.1) is 5.25 Å². The number of likely N-dealkylation sites (tertiary alicyclic amines) is 1. The smallest absolute Gasteiger partial charge is 0.235 e. The van der Waals surface area contributed by atoms with Crippen molar-refractivity contribution in [3.05, 3.63) is 0 Å². The average Bonchev–Trinajstić information content (AvgIpc) is 2.81. The molecule has 2 heterocycles. The molecule has 2 rings (SSSR count). The molecule has 2 saturated heterocycles. The Morgan fingerprint density at radius 1 is 1.40 bits per heavy atom. The first-order valence-corrected chi connectivity index (χ1v) is 6.87. The first kappa shape index (κ1) is 11.3. The highest BCUT2D eigenvalue weighted by atomic mass is 32.2. The van der Waals surface area contributed by atoms with Crippen LogP contribution in [0.1, 0.15) is 25.7 Å². The number of hydrogen-bond acceptors (Lipinski definition) is 3. The van der Waals surface area contributed by atoms with Crippen molar-refractivity contribution < 1.29 is 9.90 Å². The van der Waals surface area contributed by atoms with Gasteiger partial charge in [0.1, 0.15) is 0 Å².